The van der Waals surface area contributed by atoms with Gasteiger partial charge in [-0.25, -0.2) is 0 Å². The predicted octanol–water partition coefficient (Wildman–Crippen LogP) is 1.90. The van der Waals surface area contributed by atoms with Crippen molar-refractivity contribution in [2.24, 2.45) is 0 Å². The number of nitrogens with one attached hydrogen (secondary N) is 1. The van der Waals surface area contributed by atoms with Crippen LogP contribution in [0.25, 0.3) is 0 Å². The maximum absolute atomic E-state index is 11.7. The highest BCUT2D eigenvalue weighted by atomic mass is 32.2. The molecule has 0 aliphatic carbocycles. The van der Waals surface area contributed by atoms with E-state index < -0.39 is 0 Å². The number of hydrogen-bond donors (Lipinski definition) is 1. The van der Waals surface area contributed by atoms with Crippen LogP contribution in [0.5, 0.6) is 0 Å². The highest BCUT2D eigenvalue weighted by Gasteiger charge is 2.25. The molecule has 1 aromatic rings. The van der Waals surface area contributed by atoms with E-state index in [1.807, 2.05) is 30.3 Å². The number of benzene rings is 1. The molecule has 1 aliphatic heterocycles. The topological polar surface area (TPSA) is 49.4 Å². The van der Waals surface area contributed by atoms with E-state index in [4.69, 9.17) is 12.2 Å². The number of thiocarbonyl (C=S) groups is 1. The molecule has 1 aliphatic rings. The summed E-state index contributed by atoms with van der Waals surface area (Å²) in [6.07, 6.45) is 0. The van der Waals surface area contributed by atoms with Gasteiger partial charge in [0, 0.05) is 18.8 Å². The zero-order valence-corrected chi connectivity index (χ0v) is 13.9. The van der Waals surface area contributed by atoms with E-state index >= 15 is 0 Å². The van der Waals surface area contributed by atoms with Crippen molar-refractivity contribution in [2.75, 3.05) is 24.6 Å². The van der Waals surface area contributed by atoms with Gasteiger partial charge in [0.2, 0.25) is 11.8 Å². The SMILES string of the molecule is O=C(CSCc1ccccc1)NCCN1C(=O)CSC1=S. The van der Waals surface area contributed by atoms with E-state index in [1.54, 1.807) is 16.7 Å². The lowest BCUT2D eigenvalue weighted by Gasteiger charge is -2.14. The fourth-order valence-electron chi connectivity index (χ4n) is 1.79. The predicted molar refractivity (Wildman–Crippen MR) is 92.4 cm³/mol. The van der Waals surface area contributed by atoms with Crippen LogP contribution in [0.3, 0.4) is 0 Å². The number of carbonyl (C=O) groups is 2. The molecule has 0 radical (unpaired) electrons. The zero-order chi connectivity index (χ0) is 15.1. The second-order valence-electron chi connectivity index (χ2n) is 4.43. The fraction of sp³-hybridized carbons (Fsp3) is 0.357. The summed E-state index contributed by atoms with van der Waals surface area (Å²) < 4.78 is 0.604. The molecule has 112 valence electrons. The second kappa shape index (κ2) is 8.41. The first-order chi connectivity index (χ1) is 10.2. The van der Waals surface area contributed by atoms with Gasteiger partial charge in [0.1, 0.15) is 4.32 Å². The molecule has 0 aromatic heterocycles. The highest BCUT2D eigenvalue weighted by molar-refractivity contribution is 8.23. The van der Waals surface area contributed by atoms with Crippen molar-refractivity contribution in [1.82, 2.24) is 10.2 Å². The number of rotatable bonds is 7. The Kier molecular flexibility index (Phi) is 6.53. The summed E-state index contributed by atoms with van der Waals surface area (Å²) in [5.41, 5.74) is 1.21. The van der Waals surface area contributed by atoms with E-state index in [9.17, 15) is 9.59 Å². The van der Waals surface area contributed by atoms with Crippen LogP contribution < -0.4 is 5.32 Å². The first-order valence-electron chi connectivity index (χ1n) is 6.52. The van der Waals surface area contributed by atoms with Gasteiger partial charge < -0.3 is 5.32 Å². The average molecular weight is 340 g/mol. The zero-order valence-electron chi connectivity index (χ0n) is 11.4. The molecule has 0 bridgehead atoms. The molecule has 1 fully saturated rings. The smallest absolute Gasteiger partial charge is 0.238 e. The monoisotopic (exact) mass is 340 g/mol. The second-order valence-corrected chi connectivity index (χ2v) is 7.02. The third-order valence-electron chi connectivity index (χ3n) is 2.84. The maximum Gasteiger partial charge on any atom is 0.238 e. The quantitative estimate of drug-likeness (QED) is 0.768. The molecule has 1 N–H and O–H groups in total. The Morgan fingerprint density at radius 2 is 2.14 bits per heavy atom. The molecule has 7 heteroatoms. The number of amides is 2. The van der Waals surface area contributed by atoms with Gasteiger partial charge in [-0.05, 0) is 5.56 Å². The van der Waals surface area contributed by atoms with Crippen molar-refractivity contribution in [3.63, 3.8) is 0 Å². The first kappa shape index (κ1) is 16.3. The van der Waals surface area contributed by atoms with E-state index in [-0.39, 0.29) is 11.8 Å². The normalized spacial score (nSPS) is 14.6. The van der Waals surface area contributed by atoms with Crippen LogP contribution in [0.4, 0.5) is 0 Å². The number of nitrogens with zero attached hydrogens (tertiary/aromatic N) is 1. The molecule has 0 atom stereocenters. The van der Waals surface area contributed by atoms with Crippen molar-refractivity contribution in [1.29, 1.82) is 0 Å². The van der Waals surface area contributed by atoms with Gasteiger partial charge >= 0.3 is 0 Å². The van der Waals surface area contributed by atoms with Crippen molar-refractivity contribution in [3.05, 3.63) is 35.9 Å². The van der Waals surface area contributed by atoms with E-state index in [1.165, 1.54) is 17.3 Å². The number of carbonyl (C=O) groups excluding carboxylic acids is 2. The van der Waals surface area contributed by atoms with Gasteiger partial charge in [-0.15, -0.1) is 11.8 Å². The minimum absolute atomic E-state index is 0.0128. The van der Waals surface area contributed by atoms with Gasteiger partial charge in [0.15, 0.2) is 0 Å². The Hall–Kier alpha value is -1.05. The van der Waals surface area contributed by atoms with Crippen molar-refractivity contribution >= 4 is 51.9 Å². The summed E-state index contributed by atoms with van der Waals surface area (Å²) in [5, 5.41) is 2.81. The molecular formula is C14H16N2O2S3. The molecule has 2 rings (SSSR count). The largest absolute Gasteiger partial charge is 0.354 e. The van der Waals surface area contributed by atoms with Crippen molar-refractivity contribution in [3.8, 4) is 0 Å². The maximum atomic E-state index is 11.7. The lowest BCUT2D eigenvalue weighted by Crippen LogP contribution is -2.37. The van der Waals surface area contributed by atoms with Crippen LogP contribution in [0.1, 0.15) is 5.56 Å². The van der Waals surface area contributed by atoms with Gasteiger partial charge in [-0.3, -0.25) is 14.5 Å². The Bertz CT molecular complexity index is 506. The number of thioether (sulfide) groups is 2. The summed E-state index contributed by atoms with van der Waals surface area (Å²) in [5.74, 6) is 1.67. The molecule has 2 amide bonds. The van der Waals surface area contributed by atoms with E-state index in [0.29, 0.717) is 28.9 Å². The molecule has 0 spiro atoms. The summed E-state index contributed by atoms with van der Waals surface area (Å²) in [6.45, 7) is 0.900. The van der Waals surface area contributed by atoms with Crippen LogP contribution in [0.2, 0.25) is 0 Å². The average Bonchev–Trinajstić information content (AvgIpc) is 2.80. The first-order valence-corrected chi connectivity index (χ1v) is 9.07. The van der Waals surface area contributed by atoms with E-state index in [0.717, 1.165) is 5.75 Å². The summed E-state index contributed by atoms with van der Waals surface area (Å²) in [4.78, 5) is 24.7. The Morgan fingerprint density at radius 1 is 1.38 bits per heavy atom. The summed E-state index contributed by atoms with van der Waals surface area (Å²) >= 11 is 8.02. The van der Waals surface area contributed by atoms with Gasteiger partial charge in [0.05, 0.1) is 11.5 Å². The Morgan fingerprint density at radius 3 is 2.81 bits per heavy atom. The molecule has 1 heterocycles. The molecule has 4 nitrogen and oxygen atoms in total. The summed E-state index contributed by atoms with van der Waals surface area (Å²) in [6, 6.07) is 10.0. The van der Waals surface area contributed by atoms with Crippen LogP contribution in [-0.4, -0.2) is 45.6 Å². The Balaban J connectivity index is 1.59. The minimum atomic E-state index is -0.0128. The van der Waals surface area contributed by atoms with Gasteiger partial charge in [-0.2, -0.15) is 0 Å². The molecule has 1 aromatic carbocycles. The molecule has 0 unspecified atom stereocenters. The summed E-state index contributed by atoms with van der Waals surface area (Å²) in [7, 11) is 0. The number of hydrogen-bond acceptors (Lipinski definition) is 5. The van der Waals surface area contributed by atoms with Crippen LogP contribution >= 0.6 is 35.7 Å². The lowest BCUT2D eigenvalue weighted by molar-refractivity contribution is -0.124. The van der Waals surface area contributed by atoms with Crippen molar-refractivity contribution in [2.45, 2.75) is 5.75 Å². The van der Waals surface area contributed by atoms with Crippen LogP contribution in [0, 0.1) is 0 Å². The molecule has 0 saturated carbocycles. The van der Waals surface area contributed by atoms with E-state index in [2.05, 4.69) is 5.32 Å². The lowest BCUT2D eigenvalue weighted by atomic mass is 10.2. The minimum Gasteiger partial charge on any atom is -0.354 e. The third-order valence-corrected chi connectivity index (χ3v) is 5.28. The van der Waals surface area contributed by atoms with Gasteiger partial charge in [0.25, 0.3) is 0 Å². The standard InChI is InChI=1S/C14H16N2O2S3/c17-12(9-20-8-11-4-2-1-3-5-11)15-6-7-16-13(18)10-21-14(16)19/h1-5H,6-10H2,(H,15,17). The third kappa shape index (κ3) is 5.33. The highest BCUT2D eigenvalue weighted by Crippen LogP contribution is 2.18. The van der Waals surface area contributed by atoms with Gasteiger partial charge in [-0.1, -0.05) is 54.3 Å². The van der Waals surface area contributed by atoms with Crippen molar-refractivity contribution < 1.29 is 9.59 Å². The Labute approximate surface area is 138 Å². The molecule has 1 saturated heterocycles. The van der Waals surface area contributed by atoms with Crippen LogP contribution in [0.15, 0.2) is 30.3 Å². The molecule has 21 heavy (non-hydrogen) atoms. The fourth-order valence-corrected chi connectivity index (χ4v) is 3.73. The van der Waals surface area contributed by atoms with Crippen LogP contribution in [-0.2, 0) is 15.3 Å². The molecular weight excluding hydrogens is 324 g/mol.